The van der Waals surface area contributed by atoms with E-state index >= 15 is 0 Å². The number of halogens is 1. The van der Waals surface area contributed by atoms with Gasteiger partial charge in [0, 0.05) is 12.1 Å². The van der Waals surface area contributed by atoms with Crippen molar-refractivity contribution in [2.75, 3.05) is 0 Å². The molecular formula is C12H10FNO. The first-order chi connectivity index (χ1) is 7.27. The highest BCUT2D eigenvalue weighted by atomic mass is 19.1. The quantitative estimate of drug-likeness (QED) is 0.542. The first kappa shape index (κ1) is 9.65. The molecule has 2 rings (SSSR count). The van der Waals surface area contributed by atoms with E-state index in [1.54, 1.807) is 36.4 Å². The molecule has 0 aliphatic heterocycles. The fourth-order valence-corrected chi connectivity index (χ4v) is 1.44. The lowest BCUT2D eigenvalue weighted by Crippen LogP contribution is -2.30. The van der Waals surface area contributed by atoms with Crippen LogP contribution in [0.5, 0.6) is 0 Å². The molecule has 1 aromatic heterocycles. The smallest absolute Gasteiger partial charge is 0.197 e. The Hall–Kier alpha value is -1.90. The molecule has 15 heavy (non-hydrogen) atoms. The van der Waals surface area contributed by atoms with Gasteiger partial charge in [0.2, 0.25) is 0 Å². The van der Waals surface area contributed by atoms with Crippen LogP contribution < -0.4 is 4.73 Å². The van der Waals surface area contributed by atoms with E-state index in [4.69, 9.17) is 0 Å². The van der Waals surface area contributed by atoms with Crippen LogP contribution in [0.15, 0.2) is 48.7 Å². The first-order valence-corrected chi connectivity index (χ1v) is 4.68. The van der Waals surface area contributed by atoms with Crippen molar-refractivity contribution in [3.63, 3.8) is 0 Å². The summed E-state index contributed by atoms with van der Waals surface area (Å²) in [6.07, 6.45) is 1.73. The van der Waals surface area contributed by atoms with Gasteiger partial charge >= 0.3 is 0 Å². The van der Waals surface area contributed by atoms with Crippen molar-refractivity contribution in [1.29, 1.82) is 0 Å². The van der Waals surface area contributed by atoms with Crippen LogP contribution in [0.1, 0.15) is 11.3 Å². The molecule has 0 N–H and O–H groups in total. The minimum Gasteiger partial charge on any atom is -0.618 e. The van der Waals surface area contributed by atoms with Gasteiger partial charge in [-0.3, -0.25) is 0 Å². The van der Waals surface area contributed by atoms with Crippen molar-refractivity contribution < 1.29 is 9.12 Å². The van der Waals surface area contributed by atoms with Gasteiger partial charge in [-0.1, -0.05) is 24.3 Å². The maximum Gasteiger partial charge on any atom is 0.197 e. The van der Waals surface area contributed by atoms with E-state index < -0.39 is 0 Å². The number of hydrogen-bond donors (Lipinski definition) is 0. The average Bonchev–Trinajstić information content (AvgIpc) is 2.24. The van der Waals surface area contributed by atoms with Crippen molar-refractivity contribution >= 4 is 0 Å². The van der Waals surface area contributed by atoms with E-state index in [-0.39, 0.29) is 5.82 Å². The molecule has 0 saturated heterocycles. The Morgan fingerprint density at radius 1 is 1.07 bits per heavy atom. The molecule has 0 aliphatic carbocycles. The standard InChI is InChI=1S/C12H10FNO/c13-12-7-2-1-5-10(12)9-11-6-3-4-8-14(11)15/h1-8H,9H2. The van der Waals surface area contributed by atoms with Gasteiger partial charge < -0.3 is 5.21 Å². The van der Waals surface area contributed by atoms with E-state index in [2.05, 4.69) is 0 Å². The zero-order chi connectivity index (χ0) is 10.7. The van der Waals surface area contributed by atoms with Crippen LogP contribution in [0.4, 0.5) is 4.39 Å². The van der Waals surface area contributed by atoms with Gasteiger partial charge in [0.25, 0.3) is 0 Å². The molecular weight excluding hydrogens is 193 g/mol. The highest BCUT2D eigenvalue weighted by Gasteiger charge is 2.08. The van der Waals surface area contributed by atoms with Crippen molar-refractivity contribution in [3.8, 4) is 0 Å². The Kier molecular flexibility index (Phi) is 2.63. The fourth-order valence-electron chi connectivity index (χ4n) is 1.44. The number of nitrogens with zero attached hydrogens (tertiary/aromatic N) is 1. The predicted octanol–water partition coefficient (Wildman–Crippen LogP) is 2.05. The summed E-state index contributed by atoms with van der Waals surface area (Å²) in [5.41, 5.74) is 1.08. The van der Waals surface area contributed by atoms with Crippen molar-refractivity contribution in [1.82, 2.24) is 0 Å². The Balaban J connectivity index is 2.30. The topological polar surface area (TPSA) is 26.9 Å². The lowest BCUT2D eigenvalue weighted by molar-refractivity contribution is -0.613. The highest BCUT2D eigenvalue weighted by molar-refractivity contribution is 5.21. The van der Waals surface area contributed by atoms with Crippen LogP contribution >= 0.6 is 0 Å². The Bertz CT molecular complexity index is 427. The van der Waals surface area contributed by atoms with E-state index in [1.807, 2.05) is 0 Å². The van der Waals surface area contributed by atoms with Crippen LogP contribution in [0, 0.1) is 11.0 Å². The molecule has 3 heteroatoms. The molecule has 0 radical (unpaired) electrons. The Morgan fingerprint density at radius 3 is 2.53 bits per heavy atom. The van der Waals surface area contributed by atoms with Gasteiger partial charge in [-0.15, -0.1) is 0 Å². The van der Waals surface area contributed by atoms with Gasteiger partial charge in [-0.05, 0) is 11.6 Å². The third kappa shape index (κ3) is 2.13. The second kappa shape index (κ2) is 4.09. The fraction of sp³-hybridized carbons (Fsp3) is 0.0833. The maximum absolute atomic E-state index is 13.3. The Morgan fingerprint density at radius 2 is 1.80 bits per heavy atom. The first-order valence-electron chi connectivity index (χ1n) is 4.68. The molecule has 0 unspecified atom stereocenters. The molecule has 0 bridgehead atoms. The molecule has 0 atom stereocenters. The third-order valence-corrected chi connectivity index (χ3v) is 2.23. The van der Waals surface area contributed by atoms with Crippen molar-refractivity contribution in [2.45, 2.75) is 6.42 Å². The second-order valence-electron chi connectivity index (χ2n) is 3.29. The molecule has 1 aromatic carbocycles. The maximum atomic E-state index is 13.3. The van der Waals surface area contributed by atoms with E-state index in [0.29, 0.717) is 17.7 Å². The van der Waals surface area contributed by atoms with Gasteiger partial charge in [-0.2, -0.15) is 4.73 Å². The summed E-state index contributed by atoms with van der Waals surface area (Å²) in [6.45, 7) is 0. The molecule has 0 aliphatic rings. The molecule has 0 fully saturated rings. The van der Waals surface area contributed by atoms with Crippen molar-refractivity contribution in [2.24, 2.45) is 0 Å². The Labute approximate surface area is 87.2 Å². The van der Waals surface area contributed by atoms with E-state index in [9.17, 15) is 9.60 Å². The van der Waals surface area contributed by atoms with Crippen LogP contribution in [-0.2, 0) is 6.42 Å². The van der Waals surface area contributed by atoms with E-state index in [1.165, 1.54) is 12.3 Å². The van der Waals surface area contributed by atoms with Crippen LogP contribution in [0.2, 0.25) is 0 Å². The zero-order valence-electron chi connectivity index (χ0n) is 8.06. The van der Waals surface area contributed by atoms with Crippen LogP contribution in [0.25, 0.3) is 0 Å². The minimum atomic E-state index is -0.277. The number of benzene rings is 1. The molecule has 0 spiro atoms. The summed E-state index contributed by atoms with van der Waals surface area (Å²) < 4.78 is 14.1. The van der Waals surface area contributed by atoms with Crippen LogP contribution in [0.3, 0.4) is 0 Å². The number of pyridine rings is 1. The molecule has 2 nitrogen and oxygen atoms in total. The summed E-state index contributed by atoms with van der Waals surface area (Å²) in [5, 5.41) is 11.3. The largest absolute Gasteiger partial charge is 0.618 e. The number of rotatable bonds is 2. The second-order valence-corrected chi connectivity index (χ2v) is 3.29. The minimum absolute atomic E-state index is 0.277. The van der Waals surface area contributed by atoms with Gasteiger partial charge in [0.1, 0.15) is 5.82 Å². The molecule has 76 valence electrons. The zero-order valence-corrected chi connectivity index (χ0v) is 8.06. The number of aromatic nitrogens is 1. The predicted molar refractivity (Wildman–Crippen MR) is 54.6 cm³/mol. The van der Waals surface area contributed by atoms with Gasteiger partial charge in [-0.25, -0.2) is 4.39 Å². The number of hydrogen-bond acceptors (Lipinski definition) is 1. The van der Waals surface area contributed by atoms with Gasteiger partial charge in [0.05, 0.1) is 6.42 Å². The summed E-state index contributed by atoms with van der Waals surface area (Å²) in [4.78, 5) is 0. The SMILES string of the molecule is [O-][n+]1ccccc1Cc1ccccc1F. The van der Waals surface area contributed by atoms with E-state index in [0.717, 1.165) is 4.73 Å². The molecule has 1 heterocycles. The summed E-state index contributed by atoms with van der Waals surface area (Å²) in [6, 6.07) is 11.6. The third-order valence-electron chi connectivity index (χ3n) is 2.23. The molecule has 0 amide bonds. The summed E-state index contributed by atoms with van der Waals surface area (Å²) in [5.74, 6) is -0.277. The van der Waals surface area contributed by atoms with Crippen molar-refractivity contribution in [3.05, 3.63) is 70.9 Å². The monoisotopic (exact) mass is 203 g/mol. The summed E-state index contributed by atoms with van der Waals surface area (Å²) >= 11 is 0. The molecule has 2 aromatic rings. The van der Waals surface area contributed by atoms with Gasteiger partial charge in [0.15, 0.2) is 11.9 Å². The highest BCUT2D eigenvalue weighted by Crippen LogP contribution is 2.10. The van der Waals surface area contributed by atoms with Crippen LogP contribution in [-0.4, -0.2) is 0 Å². The lowest BCUT2D eigenvalue weighted by atomic mass is 10.1. The lowest BCUT2D eigenvalue weighted by Gasteiger charge is -2.04. The average molecular weight is 203 g/mol. The normalized spacial score (nSPS) is 10.2. The molecule has 0 saturated carbocycles. The summed E-state index contributed by atoms with van der Waals surface area (Å²) in [7, 11) is 0.